The zero-order valence-corrected chi connectivity index (χ0v) is 16.3. The van der Waals surface area contributed by atoms with Gasteiger partial charge in [-0.2, -0.15) is 0 Å². The Morgan fingerprint density at radius 1 is 1.08 bits per heavy atom. The first-order valence-electron chi connectivity index (χ1n) is 8.63. The summed E-state index contributed by atoms with van der Waals surface area (Å²) >= 11 is 6.51. The molecule has 6 heteroatoms. The van der Waals surface area contributed by atoms with Crippen molar-refractivity contribution in [3.63, 3.8) is 0 Å². The molecular formula is C19H26ClNO4. The maximum absolute atomic E-state index is 12.8. The number of esters is 2. The van der Waals surface area contributed by atoms with Gasteiger partial charge < -0.3 is 14.8 Å². The van der Waals surface area contributed by atoms with Crippen LogP contribution in [0.25, 0.3) is 0 Å². The van der Waals surface area contributed by atoms with Crippen molar-refractivity contribution in [3.8, 4) is 0 Å². The van der Waals surface area contributed by atoms with Gasteiger partial charge >= 0.3 is 11.9 Å². The molecule has 0 aromatic heterocycles. The molecule has 1 aliphatic heterocycles. The quantitative estimate of drug-likeness (QED) is 0.762. The van der Waals surface area contributed by atoms with Crippen LogP contribution < -0.4 is 5.32 Å². The molecule has 0 saturated heterocycles. The fraction of sp³-hybridized carbons (Fsp3) is 0.579. The van der Waals surface area contributed by atoms with Gasteiger partial charge in [-0.25, -0.2) is 9.59 Å². The summed E-state index contributed by atoms with van der Waals surface area (Å²) in [6.07, 6.45) is 3.26. The summed E-state index contributed by atoms with van der Waals surface area (Å²) < 4.78 is 10.4. The molecule has 0 bridgehead atoms. The molecule has 138 valence electrons. The second-order valence-corrected chi connectivity index (χ2v) is 7.17. The lowest BCUT2D eigenvalue weighted by molar-refractivity contribution is -0.143. The number of dihydropyridines is 1. The van der Waals surface area contributed by atoms with Gasteiger partial charge in [0.05, 0.1) is 24.4 Å². The SMILES string of the molecule is COC(=O)C1=C(C)NC(C)=C(C(=O)OC(C)C)C1C1=C(Cl)CCCC1. The van der Waals surface area contributed by atoms with E-state index in [4.69, 9.17) is 21.1 Å². The van der Waals surface area contributed by atoms with Crippen LogP contribution >= 0.6 is 11.6 Å². The average Bonchev–Trinajstić information content (AvgIpc) is 2.53. The molecule has 1 heterocycles. The Hall–Kier alpha value is -1.75. The number of allylic oxidation sites excluding steroid dienone is 4. The van der Waals surface area contributed by atoms with E-state index in [0.29, 0.717) is 22.5 Å². The normalized spacial score (nSPS) is 21.5. The number of carbonyl (C=O) groups excluding carboxylic acids is 2. The summed E-state index contributed by atoms with van der Waals surface area (Å²) in [5, 5.41) is 3.86. The molecule has 0 aromatic rings. The van der Waals surface area contributed by atoms with Crippen LogP contribution in [0.5, 0.6) is 0 Å². The number of carbonyl (C=O) groups is 2. The van der Waals surface area contributed by atoms with Gasteiger partial charge in [-0.05, 0) is 59.0 Å². The van der Waals surface area contributed by atoms with Crippen molar-refractivity contribution < 1.29 is 19.1 Å². The van der Waals surface area contributed by atoms with Gasteiger partial charge in [0.25, 0.3) is 0 Å². The zero-order chi connectivity index (χ0) is 18.7. The third kappa shape index (κ3) is 4.09. The maximum atomic E-state index is 12.8. The van der Waals surface area contributed by atoms with Gasteiger partial charge in [-0.1, -0.05) is 11.6 Å². The molecule has 0 spiro atoms. The number of rotatable bonds is 4. The van der Waals surface area contributed by atoms with E-state index in [2.05, 4.69) is 5.32 Å². The molecule has 2 aliphatic rings. The molecule has 25 heavy (non-hydrogen) atoms. The van der Waals surface area contributed by atoms with Gasteiger partial charge in [0.1, 0.15) is 0 Å². The second-order valence-electron chi connectivity index (χ2n) is 6.72. The number of ether oxygens (including phenoxy) is 2. The van der Waals surface area contributed by atoms with Gasteiger partial charge in [0.2, 0.25) is 0 Å². The van der Waals surface area contributed by atoms with Crippen molar-refractivity contribution >= 4 is 23.5 Å². The minimum absolute atomic E-state index is 0.252. The summed E-state index contributed by atoms with van der Waals surface area (Å²) in [5.41, 5.74) is 3.15. The molecule has 0 saturated carbocycles. The Kier molecular flexibility index (Phi) is 6.33. The molecule has 0 aromatic carbocycles. The molecule has 1 N–H and O–H groups in total. The predicted molar refractivity (Wildman–Crippen MR) is 96.6 cm³/mol. The molecule has 0 fully saturated rings. The maximum Gasteiger partial charge on any atom is 0.336 e. The summed E-state index contributed by atoms with van der Waals surface area (Å²) in [6, 6.07) is 0. The van der Waals surface area contributed by atoms with E-state index >= 15 is 0 Å². The van der Waals surface area contributed by atoms with Crippen molar-refractivity contribution in [1.82, 2.24) is 5.32 Å². The number of hydrogen-bond acceptors (Lipinski definition) is 5. The summed E-state index contributed by atoms with van der Waals surface area (Å²) in [7, 11) is 1.34. The van der Waals surface area contributed by atoms with Crippen molar-refractivity contribution in [2.24, 2.45) is 5.92 Å². The van der Waals surface area contributed by atoms with Crippen LogP contribution in [0, 0.1) is 5.92 Å². The van der Waals surface area contributed by atoms with Crippen LogP contribution in [-0.2, 0) is 19.1 Å². The lowest BCUT2D eigenvalue weighted by Crippen LogP contribution is -2.35. The minimum Gasteiger partial charge on any atom is -0.466 e. The smallest absolute Gasteiger partial charge is 0.336 e. The van der Waals surface area contributed by atoms with Gasteiger partial charge in [0.15, 0.2) is 0 Å². The standard InChI is InChI=1S/C19H26ClNO4/c1-10(2)25-19(23)16-12(4)21-11(3)15(18(22)24-5)17(16)13-8-6-7-9-14(13)20/h10,17,21H,6-9H2,1-5H3. The highest BCUT2D eigenvalue weighted by Gasteiger charge is 2.40. The highest BCUT2D eigenvalue weighted by molar-refractivity contribution is 6.30. The van der Waals surface area contributed by atoms with Crippen molar-refractivity contribution in [3.05, 3.63) is 33.1 Å². The lowest BCUT2D eigenvalue weighted by atomic mass is 9.76. The largest absolute Gasteiger partial charge is 0.466 e. The highest BCUT2D eigenvalue weighted by atomic mass is 35.5. The van der Waals surface area contributed by atoms with Gasteiger partial charge in [0, 0.05) is 22.3 Å². The summed E-state index contributed by atoms with van der Waals surface area (Å²) in [6.45, 7) is 7.23. The molecule has 1 atom stereocenters. The fourth-order valence-electron chi connectivity index (χ4n) is 3.46. The van der Waals surface area contributed by atoms with Crippen molar-refractivity contribution in [2.75, 3.05) is 7.11 Å². The van der Waals surface area contributed by atoms with Crippen LogP contribution in [0.1, 0.15) is 53.4 Å². The van der Waals surface area contributed by atoms with Gasteiger partial charge in [-0.15, -0.1) is 0 Å². The Morgan fingerprint density at radius 2 is 1.64 bits per heavy atom. The first kappa shape index (κ1) is 19.6. The van der Waals surface area contributed by atoms with E-state index in [1.165, 1.54) is 7.11 Å². The summed E-state index contributed by atoms with van der Waals surface area (Å²) in [5.74, 6) is -1.41. The van der Waals surface area contributed by atoms with E-state index in [1.807, 2.05) is 13.8 Å². The van der Waals surface area contributed by atoms with Crippen molar-refractivity contribution in [1.29, 1.82) is 0 Å². The van der Waals surface area contributed by atoms with Crippen molar-refractivity contribution in [2.45, 2.75) is 59.5 Å². The van der Waals surface area contributed by atoms with E-state index in [9.17, 15) is 9.59 Å². The number of nitrogens with one attached hydrogen (secondary N) is 1. The first-order valence-corrected chi connectivity index (χ1v) is 9.01. The number of halogens is 1. The van der Waals surface area contributed by atoms with Gasteiger partial charge in [-0.3, -0.25) is 0 Å². The number of hydrogen-bond donors (Lipinski definition) is 1. The minimum atomic E-state index is -0.521. The van der Waals surface area contributed by atoms with E-state index in [1.54, 1.807) is 13.8 Å². The van der Waals surface area contributed by atoms with Crippen LogP contribution in [-0.4, -0.2) is 25.2 Å². The predicted octanol–water partition coefficient (Wildman–Crippen LogP) is 3.95. The molecule has 1 unspecified atom stereocenters. The van der Waals surface area contributed by atoms with Crippen LogP contribution in [0.2, 0.25) is 0 Å². The Labute approximate surface area is 154 Å². The molecule has 2 rings (SSSR count). The second kappa shape index (κ2) is 8.09. The molecule has 5 nitrogen and oxygen atoms in total. The molecule has 1 aliphatic carbocycles. The topological polar surface area (TPSA) is 64.6 Å². The Balaban J connectivity index is 2.61. The summed E-state index contributed by atoms with van der Waals surface area (Å²) in [4.78, 5) is 25.3. The Bertz CT molecular complexity index is 673. The Morgan fingerprint density at radius 3 is 2.16 bits per heavy atom. The lowest BCUT2D eigenvalue weighted by Gasteiger charge is -2.33. The fourth-order valence-corrected chi connectivity index (χ4v) is 3.80. The van der Waals surface area contributed by atoms with E-state index in [0.717, 1.165) is 36.3 Å². The third-order valence-corrected chi connectivity index (χ3v) is 4.95. The monoisotopic (exact) mass is 367 g/mol. The highest BCUT2D eigenvalue weighted by Crippen LogP contribution is 2.43. The first-order chi connectivity index (χ1) is 11.8. The molecule has 0 radical (unpaired) electrons. The zero-order valence-electron chi connectivity index (χ0n) is 15.5. The van der Waals surface area contributed by atoms with E-state index in [-0.39, 0.29) is 6.10 Å². The van der Waals surface area contributed by atoms with Crippen LogP contribution in [0.4, 0.5) is 0 Å². The molecular weight excluding hydrogens is 342 g/mol. The third-order valence-electron chi connectivity index (χ3n) is 4.52. The average molecular weight is 368 g/mol. The van der Waals surface area contributed by atoms with E-state index < -0.39 is 17.9 Å². The molecule has 0 amide bonds. The number of methoxy groups -OCH3 is 1. The van der Waals surface area contributed by atoms with Crippen LogP contribution in [0.3, 0.4) is 0 Å². The van der Waals surface area contributed by atoms with Crippen LogP contribution in [0.15, 0.2) is 33.1 Å².